The maximum atomic E-state index is 15.1. The summed E-state index contributed by atoms with van der Waals surface area (Å²) < 4.78 is 118. The quantitative estimate of drug-likeness (QED) is 0.0879. The van der Waals surface area contributed by atoms with Crippen molar-refractivity contribution in [1.29, 1.82) is 10.5 Å². The Hall–Kier alpha value is -8.04. The third kappa shape index (κ3) is 12.9. The topological polar surface area (TPSA) is 200 Å². The molecule has 2 amide bonds. The van der Waals surface area contributed by atoms with Crippen LogP contribution >= 0.6 is 0 Å². The number of aromatic nitrogens is 5. The van der Waals surface area contributed by atoms with E-state index in [9.17, 15) is 37.7 Å². The lowest BCUT2D eigenvalue weighted by Gasteiger charge is -2.42. The molecule has 0 aliphatic carbocycles. The third-order valence-corrected chi connectivity index (χ3v) is 16.8. The zero-order valence-corrected chi connectivity index (χ0v) is 46.6. The summed E-state index contributed by atoms with van der Waals surface area (Å²) in [5.41, 5.74) is 1.54. The minimum absolute atomic E-state index is 0.0104. The van der Waals surface area contributed by atoms with E-state index in [1.54, 1.807) is 20.8 Å². The minimum Gasteiger partial charge on any atom is -0.462 e. The number of amides is 2. The van der Waals surface area contributed by atoms with Crippen molar-refractivity contribution in [2.24, 2.45) is 0 Å². The van der Waals surface area contributed by atoms with Gasteiger partial charge in [0.05, 0.1) is 72.9 Å². The lowest BCUT2D eigenvalue weighted by atomic mass is 9.96. The van der Waals surface area contributed by atoms with Crippen LogP contribution in [0.1, 0.15) is 71.8 Å². The maximum Gasteiger partial charge on any atom is 0.573 e. The fourth-order valence-electron chi connectivity index (χ4n) is 12.5. The summed E-state index contributed by atoms with van der Waals surface area (Å²) in [5, 5.41) is 19.5. The van der Waals surface area contributed by atoms with Crippen LogP contribution < -0.4 is 33.8 Å². The molecule has 0 radical (unpaired) electrons. The number of halogens is 7. The van der Waals surface area contributed by atoms with E-state index in [0.717, 1.165) is 43.1 Å². The number of likely N-dealkylation sites (tertiary alicyclic amines) is 2. The Morgan fingerprint density at radius 1 is 0.690 bits per heavy atom. The highest BCUT2D eigenvalue weighted by atomic mass is 19.4. The molecule has 1 aromatic carbocycles. The normalized spacial score (nSPS) is 22.2. The Morgan fingerprint density at radius 3 is 1.76 bits per heavy atom. The molecule has 4 fully saturated rings. The molecule has 0 N–H and O–H groups in total. The van der Waals surface area contributed by atoms with Crippen LogP contribution in [0, 0.1) is 28.5 Å². The molecule has 4 aromatic rings. The molecule has 4 saturated heterocycles. The van der Waals surface area contributed by atoms with Gasteiger partial charge in [-0.15, -0.1) is 13.2 Å². The van der Waals surface area contributed by atoms with Crippen LogP contribution in [-0.4, -0.2) is 180 Å². The highest BCUT2D eigenvalue weighted by Gasteiger charge is 2.42. The maximum absolute atomic E-state index is 15.1. The predicted octanol–water partition coefficient (Wildman–Crippen LogP) is 6.42. The second kappa shape index (κ2) is 24.7. The van der Waals surface area contributed by atoms with Gasteiger partial charge in [0.15, 0.2) is 11.4 Å². The number of rotatable bonds is 16. The van der Waals surface area contributed by atoms with E-state index in [2.05, 4.69) is 39.9 Å². The molecule has 6 aliphatic heterocycles. The Bertz CT molecular complexity index is 3230. The molecule has 0 saturated carbocycles. The molecule has 9 heterocycles. The van der Waals surface area contributed by atoms with E-state index in [1.165, 1.54) is 23.2 Å². The fourth-order valence-corrected chi connectivity index (χ4v) is 12.5. The Balaban J connectivity index is 0.906. The highest BCUT2D eigenvalue weighted by molar-refractivity contribution is 5.88. The number of pyridine rings is 1. The number of carbonyl (C=O) groups is 2. The zero-order chi connectivity index (χ0) is 59.6. The summed E-state index contributed by atoms with van der Waals surface area (Å²) in [6.07, 6.45) is -3.28. The van der Waals surface area contributed by atoms with Crippen LogP contribution in [-0.2, 0) is 41.7 Å². The first-order valence-electron chi connectivity index (χ1n) is 27.9. The van der Waals surface area contributed by atoms with Crippen molar-refractivity contribution in [2.45, 2.75) is 101 Å². The van der Waals surface area contributed by atoms with Gasteiger partial charge in [0, 0.05) is 94.4 Å². The van der Waals surface area contributed by atoms with Gasteiger partial charge in [-0.05, 0) is 94.6 Å². The SMILES string of the molecule is C=CC(=O)N1CCN(c2nc(OC[C@@H]3CC(c4cnc(C(F)(F)F)c(N5CCc6c(nc(OC[C@@H]7CCCN7C)nc6N6CCN(C(=O)C=C)C(CC#N)C6)C5)c4)CN3C)nc3c2CCN(c2cc(F)ccc2OC(F)(F)F)C3)CC1CC#N. The van der Waals surface area contributed by atoms with Gasteiger partial charge in [0.25, 0.3) is 0 Å². The molecule has 3 aromatic heterocycles. The van der Waals surface area contributed by atoms with Crippen molar-refractivity contribution in [3.63, 3.8) is 0 Å². The van der Waals surface area contributed by atoms with Gasteiger partial charge in [-0.3, -0.25) is 14.5 Å². The number of nitriles is 2. The van der Waals surface area contributed by atoms with E-state index in [4.69, 9.17) is 29.4 Å². The van der Waals surface area contributed by atoms with Crippen LogP contribution in [0.4, 0.5) is 53.7 Å². The number of ether oxygens (including phenoxy) is 3. The van der Waals surface area contributed by atoms with E-state index in [1.807, 2.05) is 28.8 Å². The van der Waals surface area contributed by atoms with Gasteiger partial charge < -0.3 is 48.5 Å². The number of carbonyl (C=O) groups excluding carboxylic acids is 2. The Morgan fingerprint density at radius 2 is 1.25 bits per heavy atom. The van der Waals surface area contributed by atoms with Crippen molar-refractivity contribution in [1.82, 2.24) is 44.5 Å². The van der Waals surface area contributed by atoms with Crippen LogP contribution in [0.2, 0.25) is 0 Å². The summed E-state index contributed by atoms with van der Waals surface area (Å²) in [6, 6.07) is 7.46. The van der Waals surface area contributed by atoms with Gasteiger partial charge in [-0.1, -0.05) is 13.2 Å². The Kier molecular flexibility index (Phi) is 17.4. The molecular weight excluding hydrogens is 1110 g/mol. The molecule has 3 unspecified atom stereocenters. The number of likely N-dealkylation sites (N-methyl/N-ethyl adjacent to an activating group) is 2. The summed E-state index contributed by atoms with van der Waals surface area (Å²) in [6.45, 7) is 10.8. The number of hydrogen-bond acceptors (Lipinski definition) is 18. The van der Waals surface area contributed by atoms with E-state index in [-0.39, 0.29) is 131 Å². The number of anilines is 4. The van der Waals surface area contributed by atoms with Crippen molar-refractivity contribution >= 4 is 34.8 Å². The molecule has 84 heavy (non-hydrogen) atoms. The standard InChI is InChI=1S/C57H64F7N15O5/c1-5-49(80)78-22-20-76(29-38(78)11-15-65)52-42-13-18-74(46-26-37(58)9-10-48(46)84-57(62,63)64)31-44(42)68-55(71-52)83-34-41-24-36(28-73(41)4)35-25-47(51(67-27-35)56(59,60)61)75-19-14-43-45(32-75)69-54(82-33-40-8-7-17-72(40)3)70-53(43)77-21-23-79(50(81)6-2)39(30-77)12-16-66/h5-6,9-10,25-27,36,38-41H,1-2,7-8,11-14,17-24,28-34H2,3-4H3/t36?,38?,39?,40-,41-/m0/s1. The average molecular weight is 1170 g/mol. The first kappa shape index (κ1) is 59.1. The largest absolute Gasteiger partial charge is 0.573 e. The van der Waals surface area contributed by atoms with Crippen LogP contribution in [0.25, 0.3) is 0 Å². The third-order valence-electron chi connectivity index (χ3n) is 16.8. The Labute approximate surface area is 481 Å². The second-order valence-electron chi connectivity index (χ2n) is 22.0. The number of alkyl halides is 6. The summed E-state index contributed by atoms with van der Waals surface area (Å²) in [5.74, 6) is -1.31. The average Bonchev–Trinajstić information content (AvgIpc) is 1.35. The number of fused-ring (bicyclic) bond motifs is 2. The smallest absolute Gasteiger partial charge is 0.462 e. The number of hydrogen-bond donors (Lipinski definition) is 0. The minimum atomic E-state index is -5.06. The summed E-state index contributed by atoms with van der Waals surface area (Å²) >= 11 is 0. The summed E-state index contributed by atoms with van der Waals surface area (Å²) in [4.78, 5) is 63.6. The number of benzene rings is 1. The molecule has 446 valence electrons. The molecule has 20 nitrogen and oxygen atoms in total. The first-order chi connectivity index (χ1) is 40.2. The van der Waals surface area contributed by atoms with Crippen molar-refractivity contribution < 1.29 is 54.5 Å². The van der Waals surface area contributed by atoms with Crippen molar-refractivity contribution in [2.75, 3.05) is 112 Å². The number of nitrogens with zero attached hydrogens (tertiary/aromatic N) is 15. The monoisotopic (exact) mass is 1170 g/mol. The zero-order valence-electron chi connectivity index (χ0n) is 46.6. The lowest BCUT2D eigenvalue weighted by Crippen LogP contribution is -2.55. The number of piperazine rings is 2. The molecule has 6 aliphatic rings. The first-order valence-corrected chi connectivity index (χ1v) is 27.9. The van der Waals surface area contributed by atoms with Crippen LogP contribution in [0.15, 0.2) is 55.8 Å². The van der Waals surface area contributed by atoms with E-state index >= 15 is 13.2 Å². The fraction of sp³-hybridized carbons (Fsp3) is 0.526. The van der Waals surface area contributed by atoms with Gasteiger partial charge >= 0.3 is 24.6 Å². The molecule has 5 atom stereocenters. The lowest BCUT2D eigenvalue weighted by molar-refractivity contribution is -0.274. The van der Waals surface area contributed by atoms with Crippen LogP contribution in [0.3, 0.4) is 0 Å². The molecule has 27 heteroatoms. The van der Waals surface area contributed by atoms with Crippen LogP contribution in [0.5, 0.6) is 17.8 Å². The van der Waals surface area contributed by atoms with Gasteiger partial charge in [0.2, 0.25) is 11.8 Å². The van der Waals surface area contributed by atoms with Crippen molar-refractivity contribution in [3.05, 3.63) is 95.4 Å². The van der Waals surface area contributed by atoms with Gasteiger partial charge in [-0.25, -0.2) is 9.37 Å². The molecule has 0 bridgehead atoms. The second-order valence-corrected chi connectivity index (χ2v) is 22.0. The van der Waals surface area contributed by atoms with Crippen molar-refractivity contribution in [3.8, 4) is 29.9 Å². The molecule has 0 spiro atoms. The van der Waals surface area contributed by atoms with Gasteiger partial charge in [-0.2, -0.15) is 43.6 Å². The van der Waals surface area contributed by atoms with E-state index in [0.29, 0.717) is 73.4 Å². The highest BCUT2D eigenvalue weighted by Crippen LogP contribution is 2.43. The van der Waals surface area contributed by atoms with E-state index < -0.39 is 41.9 Å². The predicted molar refractivity (Wildman–Crippen MR) is 293 cm³/mol. The molecular formula is C57H64F7N15O5. The molecule has 10 rings (SSSR count). The summed E-state index contributed by atoms with van der Waals surface area (Å²) in [7, 11) is 3.88. The van der Waals surface area contributed by atoms with Gasteiger partial charge in [0.1, 0.15) is 30.7 Å².